The van der Waals surface area contributed by atoms with Crippen molar-refractivity contribution in [3.63, 3.8) is 0 Å². The Morgan fingerprint density at radius 1 is 0.667 bits per heavy atom. The van der Waals surface area contributed by atoms with Gasteiger partial charge in [0, 0.05) is 39.1 Å². The summed E-state index contributed by atoms with van der Waals surface area (Å²) in [7, 11) is -6.24. The zero-order valence-electron chi connectivity index (χ0n) is 20.7. The van der Waals surface area contributed by atoms with E-state index in [1.165, 1.54) is 25.7 Å². The normalized spacial score (nSPS) is 14.6. The lowest BCUT2D eigenvalue weighted by molar-refractivity contribution is -0.0308. The second-order valence-corrected chi connectivity index (χ2v) is 13.0. The van der Waals surface area contributed by atoms with Gasteiger partial charge in [-0.25, -0.2) is 0 Å². The van der Waals surface area contributed by atoms with Crippen LogP contribution in [0.5, 0.6) is 0 Å². The Morgan fingerprint density at radius 3 is 1.50 bits per heavy atom. The van der Waals surface area contributed by atoms with E-state index in [0.717, 1.165) is 18.9 Å². The molecule has 0 aromatic carbocycles. The van der Waals surface area contributed by atoms with Gasteiger partial charge in [-0.1, -0.05) is 45.1 Å². The average Bonchev–Trinajstić information content (AvgIpc) is 2.71. The summed E-state index contributed by atoms with van der Waals surface area (Å²) in [6, 6.07) is 0.763. The molecule has 1 atom stereocenters. The highest BCUT2D eigenvalue weighted by molar-refractivity contribution is 6.68. The summed E-state index contributed by atoms with van der Waals surface area (Å²) in [5, 5.41) is -0.964. The van der Waals surface area contributed by atoms with Crippen LogP contribution in [0.1, 0.15) is 87.0 Å². The molecular weight excluding hydrogens is 416 g/mol. The maximum absolute atomic E-state index is 6.77. The minimum absolute atomic E-state index is 0.467. The molecule has 0 radical (unpaired) electrons. The van der Waals surface area contributed by atoms with Crippen LogP contribution < -0.4 is 0 Å². The summed E-state index contributed by atoms with van der Waals surface area (Å²) in [6.07, 6.45) is 8.94. The molecule has 0 fully saturated rings. The molecule has 0 aromatic heterocycles. The fraction of sp³-hybridized carbons (Fsp3) is 0.909. The molecule has 0 amide bonds. The molecule has 1 unspecified atom stereocenters. The summed E-state index contributed by atoms with van der Waals surface area (Å²) in [5.74, 6) is 0. The lowest BCUT2D eigenvalue weighted by Gasteiger charge is -2.45. The minimum Gasteiger partial charge on any atom is -0.374 e. The van der Waals surface area contributed by atoms with Crippen LogP contribution in [0.2, 0.25) is 6.04 Å². The second kappa shape index (κ2) is 16.6. The molecule has 30 heavy (non-hydrogen) atoms. The van der Waals surface area contributed by atoms with E-state index in [4.69, 9.17) is 26.6 Å². The van der Waals surface area contributed by atoms with Crippen molar-refractivity contribution in [2.24, 2.45) is 0 Å². The molecule has 0 saturated heterocycles. The summed E-state index contributed by atoms with van der Waals surface area (Å²) >= 11 is 0. The zero-order valence-corrected chi connectivity index (χ0v) is 22.7. The average molecular weight is 465 g/mol. The van der Waals surface area contributed by atoms with E-state index >= 15 is 0 Å². The predicted molar refractivity (Wildman–Crippen MR) is 128 cm³/mol. The molecule has 0 N–H and O–H groups in total. The Balaban J connectivity index is 5.74. The van der Waals surface area contributed by atoms with Crippen molar-refractivity contribution in [1.82, 2.24) is 0 Å². The van der Waals surface area contributed by atoms with Gasteiger partial charge in [0.15, 0.2) is 0 Å². The maximum atomic E-state index is 6.77. The van der Waals surface area contributed by atoms with Crippen molar-refractivity contribution in [2.75, 3.05) is 33.0 Å². The standard InChI is InChI=1S/C22H48O6Si2/c1-9-16-17-18-19-20-21-29(23-11-3,24-12-4)28-22(8,10-2)30(25-13-5,26-14-6)27-15-7/h10H,2,9,11-21H2,1,3-8H3. The molecule has 0 rings (SSSR count). The molecule has 0 bridgehead atoms. The highest BCUT2D eigenvalue weighted by atomic mass is 28.4. The number of unbranched alkanes of at least 4 members (excludes halogenated alkanes) is 5. The predicted octanol–water partition coefficient (Wildman–Crippen LogP) is 5.91. The first-order valence-corrected chi connectivity index (χ1v) is 15.6. The van der Waals surface area contributed by atoms with E-state index in [9.17, 15) is 0 Å². The van der Waals surface area contributed by atoms with E-state index < -0.39 is 22.8 Å². The fourth-order valence-electron chi connectivity index (χ4n) is 3.53. The van der Waals surface area contributed by atoms with Crippen molar-refractivity contribution in [1.29, 1.82) is 0 Å². The van der Waals surface area contributed by atoms with Gasteiger partial charge in [-0.3, -0.25) is 0 Å². The van der Waals surface area contributed by atoms with Crippen molar-refractivity contribution < 1.29 is 26.6 Å². The van der Waals surface area contributed by atoms with Gasteiger partial charge in [-0.2, -0.15) is 0 Å². The van der Waals surface area contributed by atoms with E-state index in [1.54, 1.807) is 6.08 Å². The van der Waals surface area contributed by atoms with Gasteiger partial charge in [0.1, 0.15) is 5.22 Å². The minimum atomic E-state index is -3.25. The van der Waals surface area contributed by atoms with Gasteiger partial charge in [-0.05, 0) is 48.0 Å². The first kappa shape index (κ1) is 29.9. The molecule has 8 heteroatoms. The summed E-state index contributed by atoms with van der Waals surface area (Å²) in [6.45, 7) is 20.5. The molecule has 0 spiro atoms. The third-order valence-electron chi connectivity index (χ3n) is 4.93. The second-order valence-electron chi connectivity index (χ2n) is 7.34. The number of hydrogen-bond acceptors (Lipinski definition) is 6. The third-order valence-corrected chi connectivity index (χ3v) is 11.8. The van der Waals surface area contributed by atoms with Crippen molar-refractivity contribution in [2.45, 2.75) is 98.3 Å². The fourth-order valence-corrected chi connectivity index (χ4v) is 9.89. The summed E-state index contributed by atoms with van der Waals surface area (Å²) in [4.78, 5) is 0. The van der Waals surface area contributed by atoms with Crippen LogP contribution in [0.3, 0.4) is 0 Å². The highest BCUT2D eigenvalue weighted by Gasteiger charge is 2.62. The SMILES string of the molecule is C=CC(C)(O[Si](CCCCCCCC)(OCC)OCC)[Si](OCC)(OCC)OCC. The quantitative estimate of drug-likeness (QED) is 0.120. The first-order chi connectivity index (χ1) is 14.4. The highest BCUT2D eigenvalue weighted by Crippen LogP contribution is 2.35. The van der Waals surface area contributed by atoms with Gasteiger partial charge in [0.2, 0.25) is 0 Å². The van der Waals surface area contributed by atoms with Crippen molar-refractivity contribution in [3.8, 4) is 0 Å². The maximum Gasteiger partial charge on any atom is 0.537 e. The van der Waals surface area contributed by atoms with Gasteiger partial charge in [0.25, 0.3) is 0 Å². The van der Waals surface area contributed by atoms with E-state index in [-0.39, 0.29) is 0 Å². The van der Waals surface area contributed by atoms with Crippen LogP contribution >= 0.6 is 0 Å². The molecule has 0 aliphatic rings. The monoisotopic (exact) mass is 464 g/mol. The van der Waals surface area contributed by atoms with Crippen LogP contribution in [0.25, 0.3) is 0 Å². The van der Waals surface area contributed by atoms with Crippen LogP contribution in [-0.2, 0) is 26.6 Å². The molecule has 0 saturated carbocycles. The van der Waals surface area contributed by atoms with Crippen molar-refractivity contribution >= 4 is 17.6 Å². The summed E-state index contributed by atoms with van der Waals surface area (Å²) in [5.41, 5.74) is 0. The molecule has 0 aromatic rings. The smallest absolute Gasteiger partial charge is 0.374 e. The molecule has 0 heterocycles. The summed E-state index contributed by atoms with van der Waals surface area (Å²) < 4.78 is 37.7. The Labute approximate surface area is 188 Å². The lowest BCUT2D eigenvalue weighted by atomic mass is 10.1. The third kappa shape index (κ3) is 9.20. The Kier molecular flexibility index (Phi) is 16.5. The Hall–Kier alpha value is -0.0662. The molecule has 0 aliphatic heterocycles. The molecule has 0 aliphatic carbocycles. The largest absolute Gasteiger partial charge is 0.537 e. The van der Waals surface area contributed by atoms with E-state index in [0.29, 0.717) is 33.0 Å². The van der Waals surface area contributed by atoms with Gasteiger partial charge in [0.05, 0.1) is 0 Å². The Bertz CT molecular complexity index is 415. The van der Waals surface area contributed by atoms with Gasteiger partial charge < -0.3 is 26.6 Å². The Morgan fingerprint density at radius 2 is 1.10 bits per heavy atom. The lowest BCUT2D eigenvalue weighted by Crippen LogP contribution is -2.68. The molecular formula is C22H48O6Si2. The van der Waals surface area contributed by atoms with E-state index in [2.05, 4.69) is 13.5 Å². The van der Waals surface area contributed by atoms with Gasteiger partial charge in [-0.15, -0.1) is 6.58 Å². The van der Waals surface area contributed by atoms with Crippen LogP contribution in [-0.4, -0.2) is 55.9 Å². The zero-order chi connectivity index (χ0) is 22.9. The number of rotatable bonds is 21. The van der Waals surface area contributed by atoms with Crippen LogP contribution in [0, 0.1) is 0 Å². The van der Waals surface area contributed by atoms with E-state index in [1.807, 2.05) is 41.5 Å². The molecule has 180 valence electrons. The van der Waals surface area contributed by atoms with Gasteiger partial charge >= 0.3 is 17.6 Å². The van der Waals surface area contributed by atoms with Crippen molar-refractivity contribution in [3.05, 3.63) is 12.7 Å². The molecule has 6 nitrogen and oxygen atoms in total. The van der Waals surface area contributed by atoms with Crippen LogP contribution in [0.15, 0.2) is 12.7 Å². The number of hydrogen-bond donors (Lipinski definition) is 0. The topological polar surface area (TPSA) is 55.4 Å². The first-order valence-electron chi connectivity index (χ1n) is 11.9. The van der Waals surface area contributed by atoms with Crippen LogP contribution in [0.4, 0.5) is 0 Å².